The van der Waals surface area contributed by atoms with Gasteiger partial charge >= 0.3 is 0 Å². The number of benzene rings is 1. The van der Waals surface area contributed by atoms with Gasteiger partial charge in [-0.2, -0.15) is 0 Å². The fourth-order valence-corrected chi connectivity index (χ4v) is 2.58. The highest BCUT2D eigenvalue weighted by molar-refractivity contribution is 5.65. The van der Waals surface area contributed by atoms with Gasteiger partial charge in [0.25, 0.3) is 5.69 Å². The van der Waals surface area contributed by atoms with Crippen molar-refractivity contribution in [2.45, 2.75) is 39.2 Å². The maximum Gasteiger partial charge on any atom is 0.295 e. The van der Waals surface area contributed by atoms with Gasteiger partial charge in [-0.15, -0.1) is 0 Å². The summed E-state index contributed by atoms with van der Waals surface area (Å²) in [5, 5.41) is 14.4. The zero-order chi connectivity index (χ0) is 12.4. The van der Waals surface area contributed by atoms with Crippen LogP contribution in [0.2, 0.25) is 0 Å². The number of nitrogens with zero attached hydrogens (tertiary/aromatic N) is 1. The van der Waals surface area contributed by atoms with Gasteiger partial charge in [0.2, 0.25) is 0 Å². The van der Waals surface area contributed by atoms with Gasteiger partial charge < -0.3 is 5.32 Å². The number of aryl methyl sites for hydroxylation is 1. The Morgan fingerprint density at radius 1 is 1.41 bits per heavy atom. The Morgan fingerprint density at radius 2 is 2.18 bits per heavy atom. The fraction of sp³-hybridized carbons (Fsp3) is 0.538. The third-order valence-corrected chi connectivity index (χ3v) is 3.62. The van der Waals surface area contributed by atoms with Crippen molar-refractivity contribution in [1.29, 1.82) is 0 Å². The molecule has 0 aliphatic heterocycles. The third-order valence-electron chi connectivity index (χ3n) is 3.62. The van der Waals surface area contributed by atoms with Crippen molar-refractivity contribution in [2.24, 2.45) is 5.92 Å². The number of hydrogen-bond acceptors (Lipinski definition) is 3. The fourth-order valence-electron chi connectivity index (χ4n) is 2.58. The van der Waals surface area contributed by atoms with Gasteiger partial charge in [-0.3, -0.25) is 10.1 Å². The molecule has 1 saturated carbocycles. The first-order chi connectivity index (χ1) is 8.09. The van der Waals surface area contributed by atoms with Crippen molar-refractivity contribution in [3.63, 3.8) is 0 Å². The van der Waals surface area contributed by atoms with Gasteiger partial charge in [-0.25, -0.2) is 0 Å². The van der Waals surface area contributed by atoms with E-state index in [-0.39, 0.29) is 10.6 Å². The Bertz CT molecular complexity index is 431. The molecule has 0 amide bonds. The van der Waals surface area contributed by atoms with E-state index in [1.807, 2.05) is 6.07 Å². The van der Waals surface area contributed by atoms with Crippen molar-refractivity contribution >= 4 is 11.4 Å². The molecule has 1 fully saturated rings. The summed E-state index contributed by atoms with van der Waals surface area (Å²) in [5.41, 5.74) is 1.59. The molecule has 1 aromatic carbocycles. The van der Waals surface area contributed by atoms with E-state index in [1.54, 1.807) is 19.1 Å². The highest BCUT2D eigenvalue weighted by atomic mass is 16.6. The Kier molecular flexibility index (Phi) is 3.31. The molecule has 4 heteroatoms. The van der Waals surface area contributed by atoms with E-state index in [0.29, 0.717) is 23.2 Å². The Morgan fingerprint density at radius 3 is 2.76 bits per heavy atom. The first kappa shape index (κ1) is 11.9. The van der Waals surface area contributed by atoms with Crippen LogP contribution in [0.4, 0.5) is 11.4 Å². The zero-order valence-electron chi connectivity index (χ0n) is 10.3. The molecule has 2 atom stereocenters. The number of nitrogens with one attached hydrogen (secondary N) is 1. The molecular weight excluding hydrogens is 216 g/mol. The highest BCUT2D eigenvalue weighted by Gasteiger charge is 2.26. The van der Waals surface area contributed by atoms with Crippen molar-refractivity contribution in [3.05, 3.63) is 33.9 Å². The van der Waals surface area contributed by atoms with Crippen LogP contribution < -0.4 is 5.32 Å². The third kappa shape index (κ3) is 2.40. The summed E-state index contributed by atoms with van der Waals surface area (Å²) in [7, 11) is 0. The molecule has 0 radical (unpaired) electrons. The summed E-state index contributed by atoms with van der Waals surface area (Å²) < 4.78 is 0. The van der Waals surface area contributed by atoms with Crippen molar-refractivity contribution in [3.8, 4) is 0 Å². The van der Waals surface area contributed by atoms with Crippen molar-refractivity contribution in [1.82, 2.24) is 0 Å². The minimum atomic E-state index is -0.294. The molecule has 2 unspecified atom stereocenters. The molecule has 1 aliphatic rings. The smallest absolute Gasteiger partial charge is 0.295 e. The number of nitro benzene ring substituents is 1. The van der Waals surface area contributed by atoms with E-state index in [0.717, 1.165) is 6.42 Å². The summed E-state index contributed by atoms with van der Waals surface area (Å²) in [6.45, 7) is 3.98. The molecule has 4 nitrogen and oxygen atoms in total. The second-order valence-electron chi connectivity index (χ2n) is 4.89. The Hall–Kier alpha value is -1.58. The number of rotatable bonds is 3. The molecular formula is C13H18N2O2. The molecule has 0 spiro atoms. The SMILES string of the molecule is Cc1cccc(NC2CCCC2C)c1[N+](=O)[O-]. The van der Waals surface area contributed by atoms with Crippen LogP contribution in [0.5, 0.6) is 0 Å². The van der Waals surface area contributed by atoms with Gasteiger partial charge in [-0.05, 0) is 31.7 Å². The van der Waals surface area contributed by atoms with E-state index in [4.69, 9.17) is 0 Å². The van der Waals surface area contributed by atoms with Crippen LogP contribution in [-0.4, -0.2) is 11.0 Å². The minimum Gasteiger partial charge on any atom is -0.376 e. The lowest BCUT2D eigenvalue weighted by Crippen LogP contribution is -2.22. The standard InChI is InChI=1S/C13H18N2O2/c1-9-5-3-7-11(9)14-12-8-4-6-10(2)13(12)15(16)17/h4,6,8-9,11,14H,3,5,7H2,1-2H3. The predicted octanol–water partition coefficient (Wildman–Crippen LogP) is 3.50. The number of hydrogen-bond donors (Lipinski definition) is 1. The van der Waals surface area contributed by atoms with Gasteiger partial charge in [0.15, 0.2) is 0 Å². The normalized spacial score (nSPS) is 23.6. The van der Waals surface area contributed by atoms with E-state index < -0.39 is 0 Å². The molecule has 1 aromatic rings. The minimum absolute atomic E-state index is 0.214. The van der Waals surface area contributed by atoms with Crippen LogP contribution in [-0.2, 0) is 0 Å². The molecule has 2 rings (SSSR count). The average Bonchev–Trinajstić information content (AvgIpc) is 2.64. The molecule has 92 valence electrons. The van der Waals surface area contributed by atoms with Gasteiger partial charge in [0, 0.05) is 11.6 Å². The molecule has 0 aromatic heterocycles. The van der Waals surface area contributed by atoms with E-state index >= 15 is 0 Å². The molecule has 0 saturated heterocycles. The summed E-state index contributed by atoms with van der Waals surface area (Å²) in [4.78, 5) is 10.8. The van der Waals surface area contributed by atoms with Gasteiger partial charge in [-0.1, -0.05) is 25.5 Å². The van der Waals surface area contributed by atoms with Crippen LogP contribution in [0.15, 0.2) is 18.2 Å². The topological polar surface area (TPSA) is 55.2 Å². The summed E-state index contributed by atoms with van der Waals surface area (Å²) in [5.74, 6) is 0.593. The molecule has 0 bridgehead atoms. The molecule has 1 N–H and O–H groups in total. The molecule has 17 heavy (non-hydrogen) atoms. The maximum absolute atomic E-state index is 11.1. The van der Waals surface area contributed by atoms with Gasteiger partial charge in [0.1, 0.15) is 5.69 Å². The Labute approximate surface area is 101 Å². The van der Waals surface area contributed by atoms with Crippen molar-refractivity contribution < 1.29 is 4.92 Å². The first-order valence-corrected chi connectivity index (χ1v) is 6.10. The summed E-state index contributed by atoms with van der Waals surface area (Å²) in [6, 6.07) is 5.82. The second kappa shape index (κ2) is 4.73. The predicted molar refractivity (Wildman–Crippen MR) is 68.3 cm³/mol. The number of para-hydroxylation sites is 1. The lowest BCUT2D eigenvalue weighted by Gasteiger charge is -2.18. The molecule has 1 aliphatic carbocycles. The monoisotopic (exact) mass is 234 g/mol. The van der Waals surface area contributed by atoms with E-state index in [2.05, 4.69) is 12.2 Å². The number of anilines is 1. The van der Waals surface area contributed by atoms with Crippen LogP contribution in [0, 0.1) is 23.0 Å². The van der Waals surface area contributed by atoms with E-state index in [9.17, 15) is 10.1 Å². The van der Waals surface area contributed by atoms with Gasteiger partial charge in [0.05, 0.1) is 4.92 Å². The zero-order valence-corrected chi connectivity index (χ0v) is 10.3. The molecule has 0 heterocycles. The average molecular weight is 234 g/mol. The van der Waals surface area contributed by atoms with Crippen LogP contribution in [0.25, 0.3) is 0 Å². The largest absolute Gasteiger partial charge is 0.376 e. The lowest BCUT2D eigenvalue weighted by atomic mass is 10.1. The highest BCUT2D eigenvalue weighted by Crippen LogP contribution is 2.33. The first-order valence-electron chi connectivity index (χ1n) is 6.10. The lowest BCUT2D eigenvalue weighted by molar-refractivity contribution is -0.384. The maximum atomic E-state index is 11.1. The second-order valence-corrected chi connectivity index (χ2v) is 4.89. The van der Waals surface area contributed by atoms with Crippen LogP contribution in [0.3, 0.4) is 0 Å². The summed E-state index contributed by atoms with van der Waals surface area (Å²) >= 11 is 0. The van der Waals surface area contributed by atoms with Crippen LogP contribution >= 0.6 is 0 Å². The van der Waals surface area contributed by atoms with E-state index in [1.165, 1.54) is 12.8 Å². The summed E-state index contributed by atoms with van der Waals surface area (Å²) in [6.07, 6.45) is 3.52. The number of nitro groups is 1. The Balaban J connectivity index is 2.26. The van der Waals surface area contributed by atoms with Crippen LogP contribution in [0.1, 0.15) is 31.7 Å². The van der Waals surface area contributed by atoms with Crippen molar-refractivity contribution in [2.75, 3.05) is 5.32 Å². The quantitative estimate of drug-likeness (QED) is 0.643.